The molecule has 1 N–H and O–H groups in total. The fourth-order valence-electron chi connectivity index (χ4n) is 2.26. The number of halogens is 1. The van der Waals surface area contributed by atoms with Gasteiger partial charge >= 0.3 is 5.97 Å². The van der Waals surface area contributed by atoms with Crippen LogP contribution in [0.5, 0.6) is 0 Å². The van der Waals surface area contributed by atoms with Crippen LogP contribution < -0.4 is 5.32 Å². The molecule has 0 saturated heterocycles. The van der Waals surface area contributed by atoms with Crippen LogP contribution in [-0.4, -0.2) is 24.0 Å². The zero-order chi connectivity index (χ0) is 14.5. The number of hydrogen-bond acceptors (Lipinski definition) is 3. The molecule has 0 aliphatic heterocycles. The molecule has 1 aromatic carbocycles. The van der Waals surface area contributed by atoms with Crippen LogP contribution in [-0.2, 0) is 9.53 Å². The van der Waals surface area contributed by atoms with Crippen LogP contribution in [0.1, 0.15) is 43.0 Å². The van der Waals surface area contributed by atoms with Crippen LogP contribution in [0.2, 0.25) is 5.02 Å². The van der Waals surface area contributed by atoms with Gasteiger partial charge in [0, 0.05) is 11.1 Å². The average Bonchev–Trinajstić information content (AvgIpc) is 2.92. The molecule has 1 amide bonds. The number of amides is 1. The first-order valence-electron chi connectivity index (χ1n) is 6.83. The first-order valence-corrected chi connectivity index (χ1v) is 7.21. The van der Waals surface area contributed by atoms with Gasteiger partial charge in [0.25, 0.3) is 5.91 Å². The molecule has 1 fully saturated rings. The van der Waals surface area contributed by atoms with Crippen molar-refractivity contribution in [3.05, 3.63) is 34.9 Å². The Kier molecular flexibility index (Phi) is 5.01. The van der Waals surface area contributed by atoms with E-state index in [1.165, 1.54) is 0 Å². The molecule has 1 aliphatic carbocycles. The summed E-state index contributed by atoms with van der Waals surface area (Å²) in [6.45, 7) is 1.58. The molecule has 2 rings (SSSR count). The fourth-order valence-corrected chi connectivity index (χ4v) is 2.38. The van der Waals surface area contributed by atoms with E-state index in [9.17, 15) is 9.59 Å². The molecule has 0 bridgehead atoms. The largest absolute Gasteiger partial charge is 0.449 e. The number of nitrogens with one attached hydrogen (secondary N) is 1. The fraction of sp³-hybridized carbons (Fsp3) is 0.467. The van der Waals surface area contributed by atoms with Crippen molar-refractivity contribution in [3.63, 3.8) is 0 Å². The van der Waals surface area contributed by atoms with Gasteiger partial charge in [-0.3, -0.25) is 4.79 Å². The summed E-state index contributed by atoms with van der Waals surface area (Å²) in [5.41, 5.74) is 0.384. The van der Waals surface area contributed by atoms with E-state index in [1.54, 1.807) is 31.2 Å². The molecule has 0 spiro atoms. The van der Waals surface area contributed by atoms with Crippen molar-refractivity contribution in [2.24, 2.45) is 0 Å². The van der Waals surface area contributed by atoms with Gasteiger partial charge in [-0.15, -0.1) is 0 Å². The van der Waals surface area contributed by atoms with E-state index in [0.29, 0.717) is 10.6 Å². The van der Waals surface area contributed by atoms with Crippen molar-refractivity contribution < 1.29 is 14.3 Å². The van der Waals surface area contributed by atoms with E-state index in [1.807, 2.05) is 0 Å². The maximum Gasteiger partial charge on any atom is 0.338 e. The normalized spacial score (nSPS) is 16.7. The molecule has 5 heteroatoms. The second-order valence-electron chi connectivity index (χ2n) is 5.04. The third-order valence-corrected chi connectivity index (χ3v) is 3.69. The Morgan fingerprint density at radius 2 is 1.85 bits per heavy atom. The molecular formula is C15H18ClNO3. The number of benzene rings is 1. The molecule has 4 nitrogen and oxygen atoms in total. The molecule has 20 heavy (non-hydrogen) atoms. The molecule has 1 atom stereocenters. The summed E-state index contributed by atoms with van der Waals surface area (Å²) in [6, 6.07) is 6.60. The summed E-state index contributed by atoms with van der Waals surface area (Å²) in [5.74, 6) is -0.755. The van der Waals surface area contributed by atoms with Crippen LogP contribution in [0.4, 0.5) is 0 Å². The van der Waals surface area contributed by atoms with Crippen LogP contribution in [0.15, 0.2) is 24.3 Å². The smallest absolute Gasteiger partial charge is 0.338 e. The van der Waals surface area contributed by atoms with E-state index >= 15 is 0 Å². The lowest BCUT2D eigenvalue weighted by Crippen LogP contribution is -2.40. The molecule has 1 aromatic rings. The highest BCUT2D eigenvalue weighted by atomic mass is 35.5. The second-order valence-corrected chi connectivity index (χ2v) is 5.48. The standard InChI is InChI=1S/C15H18ClNO3/c1-10(14(18)17-13-4-2-3-5-13)20-15(19)11-6-8-12(16)9-7-11/h6-10,13H,2-5H2,1H3,(H,17,18). The minimum Gasteiger partial charge on any atom is -0.449 e. The Balaban J connectivity index is 1.86. The average molecular weight is 296 g/mol. The topological polar surface area (TPSA) is 55.4 Å². The van der Waals surface area contributed by atoms with Gasteiger partial charge in [0.2, 0.25) is 0 Å². The highest BCUT2D eigenvalue weighted by Crippen LogP contribution is 2.18. The maximum atomic E-state index is 11.9. The Morgan fingerprint density at radius 1 is 1.25 bits per heavy atom. The molecule has 0 heterocycles. The van der Waals surface area contributed by atoms with E-state index in [2.05, 4.69) is 5.32 Å². The Hall–Kier alpha value is -1.55. The first kappa shape index (κ1) is 14.9. The Labute approximate surface area is 123 Å². The third-order valence-electron chi connectivity index (χ3n) is 3.43. The van der Waals surface area contributed by atoms with Crippen molar-refractivity contribution in [1.29, 1.82) is 0 Å². The van der Waals surface area contributed by atoms with Gasteiger partial charge in [-0.1, -0.05) is 24.4 Å². The first-order chi connectivity index (χ1) is 9.56. The number of ether oxygens (including phenoxy) is 1. The summed E-state index contributed by atoms with van der Waals surface area (Å²) in [5, 5.41) is 3.46. The number of hydrogen-bond donors (Lipinski definition) is 1. The number of rotatable bonds is 4. The Morgan fingerprint density at radius 3 is 2.45 bits per heavy atom. The van der Waals surface area contributed by atoms with Crippen LogP contribution in [0.3, 0.4) is 0 Å². The number of carbonyl (C=O) groups excluding carboxylic acids is 2. The van der Waals surface area contributed by atoms with E-state index in [-0.39, 0.29) is 11.9 Å². The van der Waals surface area contributed by atoms with Gasteiger partial charge in [0.15, 0.2) is 6.10 Å². The highest BCUT2D eigenvalue weighted by Gasteiger charge is 2.23. The van der Waals surface area contributed by atoms with Crippen LogP contribution >= 0.6 is 11.6 Å². The van der Waals surface area contributed by atoms with Gasteiger partial charge in [-0.05, 0) is 44.0 Å². The highest BCUT2D eigenvalue weighted by molar-refractivity contribution is 6.30. The summed E-state index contributed by atoms with van der Waals surface area (Å²) < 4.78 is 5.15. The van der Waals surface area contributed by atoms with Crippen molar-refractivity contribution in [2.75, 3.05) is 0 Å². The number of carbonyl (C=O) groups is 2. The lowest BCUT2D eigenvalue weighted by molar-refractivity contribution is -0.129. The van der Waals surface area contributed by atoms with Crippen molar-refractivity contribution in [1.82, 2.24) is 5.32 Å². The van der Waals surface area contributed by atoms with Crippen molar-refractivity contribution in [2.45, 2.75) is 44.8 Å². The molecule has 1 unspecified atom stereocenters. The third kappa shape index (κ3) is 3.97. The van der Waals surface area contributed by atoms with Crippen LogP contribution in [0.25, 0.3) is 0 Å². The summed E-state index contributed by atoms with van der Waals surface area (Å²) in [7, 11) is 0. The zero-order valence-corrected chi connectivity index (χ0v) is 12.2. The van der Waals surface area contributed by atoms with Gasteiger partial charge in [0.05, 0.1) is 5.56 Å². The molecular weight excluding hydrogens is 278 g/mol. The van der Waals surface area contributed by atoms with E-state index < -0.39 is 12.1 Å². The predicted molar refractivity (Wildman–Crippen MR) is 76.7 cm³/mol. The van der Waals surface area contributed by atoms with Crippen molar-refractivity contribution >= 4 is 23.5 Å². The molecule has 1 saturated carbocycles. The minimum absolute atomic E-state index is 0.221. The SMILES string of the molecule is CC(OC(=O)c1ccc(Cl)cc1)C(=O)NC1CCCC1. The van der Waals surface area contributed by atoms with E-state index in [4.69, 9.17) is 16.3 Å². The Bertz CT molecular complexity index is 480. The lowest BCUT2D eigenvalue weighted by Gasteiger charge is -2.17. The van der Waals surface area contributed by atoms with Gasteiger partial charge < -0.3 is 10.1 Å². The van der Waals surface area contributed by atoms with Crippen molar-refractivity contribution in [3.8, 4) is 0 Å². The molecule has 0 aromatic heterocycles. The summed E-state index contributed by atoms with van der Waals surface area (Å²) in [6.07, 6.45) is 3.50. The number of esters is 1. The van der Waals surface area contributed by atoms with Gasteiger partial charge in [-0.25, -0.2) is 4.79 Å². The van der Waals surface area contributed by atoms with Crippen LogP contribution in [0, 0.1) is 0 Å². The lowest BCUT2D eigenvalue weighted by atomic mass is 10.2. The van der Waals surface area contributed by atoms with Gasteiger partial charge in [-0.2, -0.15) is 0 Å². The summed E-state index contributed by atoms with van der Waals surface area (Å²) >= 11 is 5.75. The maximum absolute atomic E-state index is 11.9. The molecule has 108 valence electrons. The second kappa shape index (κ2) is 6.75. The monoisotopic (exact) mass is 295 g/mol. The predicted octanol–water partition coefficient (Wildman–Crippen LogP) is 2.94. The summed E-state index contributed by atoms with van der Waals surface area (Å²) in [4.78, 5) is 23.8. The zero-order valence-electron chi connectivity index (χ0n) is 11.4. The quantitative estimate of drug-likeness (QED) is 0.869. The van der Waals surface area contributed by atoms with Gasteiger partial charge in [0.1, 0.15) is 0 Å². The molecule has 0 radical (unpaired) electrons. The van der Waals surface area contributed by atoms with E-state index in [0.717, 1.165) is 25.7 Å². The minimum atomic E-state index is -0.793. The molecule has 1 aliphatic rings.